The van der Waals surface area contributed by atoms with Crippen molar-refractivity contribution in [2.45, 2.75) is 6.43 Å². The van der Waals surface area contributed by atoms with Crippen molar-refractivity contribution in [2.75, 3.05) is 6.54 Å². The first-order valence-corrected chi connectivity index (χ1v) is 9.03. The van der Waals surface area contributed by atoms with Crippen molar-refractivity contribution in [2.24, 2.45) is 0 Å². The summed E-state index contributed by atoms with van der Waals surface area (Å²) < 4.78 is 56.1. The SMILES string of the molecule is C=C1C(Cl)=CC(c2ccccc2)=C(c2c(F)cc(Br)cc2F)N1CC(F)F. The first-order valence-electron chi connectivity index (χ1n) is 7.86. The molecule has 0 unspecified atom stereocenters. The van der Waals surface area contributed by atoms with Crippen molar-refractivity contribution in [3.63, 3.8) is 0 Å². The molecule has 2 aromatic carbocycles. The number of hydrogen-bond acceptors (Lipinski definition) is 1. The molecule has 0 spiro atoms. The van der Waals surface area contributed by atoms with Gasteiger partial charge >= 0.3 is 0 Å². The molecule has 27 heavy (non-hydrogen) atoms. The number of hydrogen-bond donors (Lipinski definition) is 0. The van der Waals surface area contributed by atoms with E-state index < -0.39 is 30.2 Å². The lowest BCUT2D eigenvalue weighted by Crippen LogP contribution is -2.30. The van der Waals surface area contributed by atoms with Gasteiger partial charge < -0.3 is 4.90 Å². The standard InChI is InChI=1S/C20H13BrClF4N/c1-11-15(22)9-14(12-5-3-2-4-6-12)20(27(11)10-18(25)26)19-16(23)7-13(21)8-17(19)24/h2-9,18H,1,10H2. The molecule has 1 aliphatic heterocycles. The van der Waals surface area contributed by atoms with E-state index in [2.05, 4.69) is 22.5 Å². The van der Waals surface area contributed by atoms with Crippen molar-refractivity contribution < 1.29 is 17.6 Å². The normalized spacial score (nSPS) is 14.9. The van der Waals surface area contributed by atoms with E-state index in [-0.39, 0.29) is 20.9 Å². The average molecular weight is 459 g/mol. The van der Waals surface area contributed by atoms with Crippen LogP contribution in [0, 0.1) is 11.6 Å². The zero-order chi connectivity index (χ0) is 19.7. The molecule has 0 saturated carbocycles. The summed E-state index contributed by atoms with van der Waals surface area (Å²) in [5.74, 6) is -1.77. The lowest BCUT2D eigenvalue weighted by molar-refractivity contribution is 0.123. The zero-order valence-corrected chi connectivity index (χ0v) is 16.2. The lowest BCUT2D eigenvalue weighted by Gasteiger charge is -2.34. The first-order chi connectivity index (χ1) is 12.8. The van der Waals surface area contributed by atoms with Crippen LogP contribution in [-0.2, 0) is 0 Å². The predicted octanol–water partition coefficient (Wildman–Crippen LogP) is 6.81. The highest BCUT2D eigenvalue weighted by Crippen LogP contribution is 2.42. The summed E-state index contributed by atoms with van der Waals surface area (Å²) in [6.07, 6.45) is -1.28. The minimum atomic E-state index is -2.77. The second kappa shape index (κ2) is 7.90. The Morgan fingerprint density at radius 3 is 2.22 bits per heavy atom. The van der Waals surface area contributed by atoms with E-state index in [0.717, 1.165) is 17.0 Å². The highest BCUT2D eigenvalue weighted by molar-refractivity contribution is 9.10. The van der Waals surface area contributed by atoms with Crippen molar-refractivity contribution >= 4 is 38.8 Å². The van der Waals surface area contributed by atoms with Crippen LogP contribution in [0.2, 0.25) is 0 Å². The molecule has 0 aromatic heterocycles. The number of nitrogens with zero attached hydrogens (tertiary/aromatic N) is 1. The molecular weight excluding hydrogens is 446 g/mol. The third-order valence-electron chi connectivity index (χ3n) is 4.05. The van der Waals surface area contributed by atoms with Gasteiger partial charge in [-0.3, -0.25) is 0 Å². The van der Waals surface area contributed by atoms with E-state index in [1.54, 1.807) is 30.3 Å². The topological polar surface area (TPSA) is 3.24 Å². The molecule has 7 heteroatoms. The summed E-state index contributed by atoms with van der Waals surface area (Å²) in [4.78, 5) is 1.06. The Morgan fingerprint density at radius 2 is 1.67 bits per heavy atom. The maximum absolute atomic E-state index is 14.7. The molecule has 3 rings (SSSR count). The highest BCUT2D eigenvalue weighted by atomic mass is 79.9. The van der Waals surface area contributed by atoms with Gasteiger partial charge in [0.05, 0.1) is 28.5 Å². The molecule has 0 bridgehead atoms. The number of alkyl halides is 2. The van der Waals surface area contributed by atoms with Crippen LogP contribution in [0.15, 0.2) is 70.3 Å². The Labute approximate surface area is 167 Å². The summed E-state index contributed by atoms with van der Waals surface area (Å²) in [6.45, 7) is 2.91. The van der Waals surface area contributed by atoms with E-state index in [4.69, 9.17) is 11.6 Å². The fourth-order valence-corrected chi connectivity index (χ4v) is 3.52. The van der Waals surface area contributed by atoms with E-state index in [1.807, 2.05) is 0 Å². The van der Waals surface area contributed by atoms with Gasteiger partial charge in [0, 0.05) is 10.0 Å². The molecule has 0 aliphatic carbocycles. The summed E-state index contributed by atoms with van der Waals surface area (Å²) in [5, 5.41) is 0.121. The van der Waals surface area contributed by atoms with Gasteiger partial charge in [-0.25, -0.2) is 17.6 Å². The van der Waals surface area contributed by atoms with Crippen molar-refractivity contribution in [3.8, 4) is 0 Å². The van der Waals surface area contributed by atoms with E-state index >= 15 is 0 Å². The minimum absolute atomic E-state index is 0.0431. The van der Waals surface area contributed by atoms with Crippen LogP contribution in [0.3, 0.4) is 0 Å². The molecule has 0 N–H and O–H groups in total. The number of halogens is 6. The predicted molar refractivity (Wildman–Crippen MR) is 103 cm³/mol. The Morgan fingerprint density at radius 1 is 1.07 bits per heavy atom. The van der Waals surface area contributed by atoms with Crippen LogP contribution in [0.4, 0.5) is 17.6 Å². The Kier molecular flexibility index (Phi) is 5.77. The van der Waals surface area contributed by atoms with Gasteiger partial charge in [-0.2, -0.15) is 0 Å². The molecule has 0 radical (unpaired) electrons. The number of benzene rings is 2. The van der Waals surface area contributed by atoms with Gasteiger partial charge in [0.25, 0.3) is 6.43 Å². The summed E-state index contributed by atoms with van der Waals surface area (Å²) in [5.41, 5.74) is 0.499. The third kappa shape index (κ3) is 3.96. The van der Waals surface area contributed by atoms with E-state index in [0.29, 0.717) is 11.1 Å². The molecule has 0 amide bonds. The Hall–Kier alpha value is -2.05. The van der Waals surface area contributed by atoms with Gasteiger partial charge in [-0.05, 0) is 23.8 Å². The molecule has 140 valence electrons. The van der Waals surface area contributed by atoms with E-state index in [9.17, 15) is 17.6 Å². The molecule has 2 aromatic rings. The lowest BCUT2D eigenvalue weighted by atomic mass is 9.94. The van der Waals surface area contributed by atoms with Crippen LogP contribution in [0.1, 0.15) is 11.1 Å². The average Bonchev–Trinajstić information content (AvgIpc) is 2.60. The monoisotopic (exact) mass is 457 g/mol. The van der Waals surface area contributed by atoms with Crippen molar-refractivity contribution in [1.29, 1.82) is 0 Å². The van der Waals surface area contributed by atoms with Crippen LogP contribution in [0.25, 0.3) is 11.3 Å². The molecule has 0 saturated heterocycles. The van der Waals surface area contributed by atoms with Gasteiger partial charge in [0.15, 0.2) is 0 Å². The highest BCUT2D eigenvalue weighted by Gasteiger charge is 2.31. The quantitative estimate of drug-likeness (QED) is 0.455. The Bertz CT molecular complexity index is 931. The van der Waals surface area contributed by atoms with Gasteiger partial charge in [-0.1, -0.05) is 64.4 Å². The molecule has 1 heterocycles. The van der Waals surface area contributed by atoms with Crippen LogP contribution < -0.4 is 0 Å². The zero-order valence-electron chi connectivity index (χ0n) is 13.8. The summed E-state index contributed by atoms with van der Waals surface area (Å²) in [6, 6.07) is 10.8. The number of allylic oxidation sites excluding steroid dienone is 3. The molecule has 0 fully saturated rings. The maximum Gasteiger partial charge on any atom is 0.256 e. The molecular formula is C20H13BrClF4N. The molecule has 1 aliphatic rings. The van der Waals surface area contributed by atoms with Gasteiger partial charge in [-0.15, -0.1) is 0 Å². The smallest absolute Gasteiger partial charge is 0.256 e. The maximum atomic E-state index is 14.7. The second-order valence-corrected chi connectivity index (χ2v) is 7.14. The van der Waals surface area contributed by atoms with Crippen LogP contribution in [0.5, 0.6) is 0 Å². The van der Waals surface area contributed by atoms with Crippen molar-refractivity contribution in [1.82, 2.24) is 4.90 Å². The fraction of sp³-hybridized carbons (Fsp3) is 0.100. The fourth-order valence-electron chi connectivity index (χ4n) is 2.90. The second-order valence-electron chi connectivity index (χ2n) is 5.81. The number of rotatable bonds is 4. The largest absolute Gasteiger partial charge is 0.334 e. The summed E-state index contributed by atoms with van der Waals surface area (Å²) in [7, 11) is 0. The van der Waals surface area contributed by atoms with Gasteiger partial charge in [0.2, 0.25) is 0 Å². The van der Waals surface area contributed by atoms with Crippen LogP contribution >= 0.6 is 27.5 Å². The molecule has 1 nitrogen and oxygen atoms in total. The third-order valence-corrected chi connectivity index (χ3v) is 4.83. The first kappa shape index (κ1) is 19.7. The van der Waals surface area contributed by atoms with E-state index in [1.165, 1.54) is 6.08 Å². The van der Waals surface area contributed by atoms with Gasteiger partial charge in [0.1, 0.15) is 11.6 Å². The summed E-state index contributed by atoms with van der Waals surface area (Å²) >= 11 is 9.22. The van der Waals surface area contributed by atoms with Crippen LogP contribution in [-0.4, -0.2) is 17.9 Å². The molecule has 0 atom stereocenters. The minimum Gasteiger partial charge on any atom is -0.334 e. The Balaban J connectivity index is 2.36. The van der Waals surface area contributed by atoms with Crippen molar-refractivity contribution in [3.05, 3.63) is 93.1 Å².